The topological polar surface area (TPSA) is 56.8 Å². The van der Waals surface area contributed by atoms with Gasteiger partial charge in [0.15, 0.2) is 6.61 Å². The van der Waals surface area contributed by atoms with Gasteiger partial charge in [-0.15, -0.1) is 0 Å². The molecule has 6 heteroatoms. The summed E-state index contributed by atoms with van der Waals surface area (Å²) in [5.74, 6) is 1.74. The molecule has 0 spiro atoms. The third-order valence-electron chi connectivity index (χ3n) is 3.15. The molecule has 0 bridgehead atoms. The van der Waals surface area contributed by atoms with E-state index in [1.807, 2.05) is 6.07 Å². The van der Waals surface area contributed by atoms with Crippen LogP contribution in [0, 0.1) is 0 Å². The number of halogens is 1. The molecule has 0 heterocycles. The monoisotopic (exact) mass is 335 g/mol. The van der Waals surface area contributed by atoms with Gasteiger partial charge >= 0.3 is 0 Å². The predicted octanol–water partition coefficient (Wildman–Crippen LogP) is 3.05. The minimum Gasteiger partial charge on any atom is -0.497 e. The number of ether oxygens (including phenoxy) is 3. The summed E-state index contributed by atoms with van der Waals surface area (Å²) in [5.41, 5.74) is 0.826. The Morgan fingerprint density at radius 3 is 2.39 bits per heavy atom. The second-order valence-electron chi connectivity index (χ2n) is 4.70. The van der Waals surface area contributed by atoms with Crippen LogP contribution in [0.15, 0.2) is 42.5 Å². The molecule has 2 aromatic carbocycles. The maximum Gasteiger partial charge on any atom is 0.258 e. The van der Waals surface area contributed by atoms with Crippen molar-refractivity contribution < 1.29 is 19.0 Å². The summed E-state index contributed by atoms with van der Waals surface area (Å²) in [6.07, 6.45) is 0. The minimum absolute atomic E-state index is 0.0755. The molecule has 0 unspecified atom stereocenters. The standard InChI is InChI=1S/C17H18ClNO4/c1-21-15-7-8-16(22-2)12(9-15)10-19-17(20)11-23-14-5-3-13(18)4-6-14/h3-9H,10-11H2,1-2H3,(H,19,20). The van der Waals surface area contributed by atoms with E-state index in [0.29, 0.717) is 28.8 Å². The van der Waals surface area contributed by atoms with Gasteiger partial charge in [-0.25, -0.2) is 0 Å². The van der Waals surface area contributed by atoms with E-state index in [2.05, 4.69) is 5.32 Å². The lowest BCUT2D eigenvalue weighted by molar-refractivity contribution is -0.123. The Kier molecular flexibility index (Phi) is 6.11. The molecule has 122 valence electrons. The fraction of sp³-hybridized carbons (Fsp3) is 0.235. The van der Waals surface area contributed by atoms with Crippen molar-refractivity contribution in [3.8, 4) is 17.2 Å². The molecule has 0 fully saturated rings. The molecule has 0 aromatic heterocycles. The number of benzene rings is 2. The van der Waals surface area contributed by atoms with Crippen molar-refractivity contribution in [1.82, 2.24) is 5.32 Å². The molecule has 1 amide bonds. The highest BCUT2D eigenvalue weighted by Crippen LogP contribution is 2.23. The van der Waals surface area contributed by atoms with Gasteiger partial charge < -0.3 is 19.5 Å². The smallest absolute Gasteiger partial charge is 0.258 e. The van der Waals surface area contributed by atoms with Crippen molar-refractivity contribution in [1.29, 1.82) is 0 Å². The first-order chi connectivity index (χ1) is 11.1. The van der Waals surface area contributed by atoms with Gasteiger partial charge in [0.1, 0.15) is 17.2 Å². The van der Waals surface area contributed by atoms with E-state index in [1.54, 1.807) is 50.6 Å². The molecule has 2 aromatic rings. The highest BCUT2D eigenvalue weighted by atomic mass is 35.5. The Labute approximate surface area is 140 Å². The second kappa shape index (κ2) is 8.29. The summed E-state index contributed by atoms with van der Waals surface area (Å²) in [6.45, 7) is 0.247. The van der Waals surface area contributed by atoms with Crippen LogP contribution in [0.4, 0.5) is 0 Å². The van der Waals surface area contributed by atoms with Crippen molar-refractivity contribution in [3.05, 3.63) is 53.1 Å². The fourth-order valence-electron chi connectivity index (χ4n) is 1.94. The number of amides is 1. The molecule has 1 N–H and O–H groups in total. The van der Waals surface area contributed by atoms with Crippen molar-refractivity contribution in [2.24, 2.45) is 0 Å². The summed E-state index contributed by atoms with van der Waals surface area (Å²) in [5, 5.41) is 3.40. The Balaban J connectivity index is 1.87. The Morgan fingerprint density at radius 1 is 1.04 bits per heavy atom. The van der Waals surface area contributed by atoms with Crippen LogP contribution in [-0.2, 0) is 11.3 Å². The van der Waals surface area contributed by atoms with Crippen LogP contribution >= 0.6 is 11.6 Å². The van der Waals surface area contributed by atoms with E-state index in [9.17, 15) is 4.79 Å². The van der Waals surface area contributed by atoms with Gasteiger partial charge in [-0.1, -0.05) is 11.6 Å². The van der Waals surface area contributed by atoms with E-state index in [-0.39, 0.29) is 12.5 Å². The third kappa shape index (κ3) is 5.07. The Hall–Kier alpha value is -2.40. The zero-order valence-electron chi connectivity index (χ0n) is 13.0. The zero-order chi connectivity index (χ0) is 16.7. The van der Waals surface area contributed by atoms with Gasteiger partial charge in [0.25, 0.3) is 5.91 Å². The van der Waals surface area contributed by atoms with Crippen LogP contribution in [-0.4, -0.2) is 26.7 Å². The summed E-state index contributed by atoms with van der Waals surface area (Å²) >= 11 is 5.79. The molecular weight excluding hydrogens is 318 g/mol. The first-order valence-electron chi connectivity index (χ1n) is 6.98. The SMILES string of the molecule is COc1ccc(OC)c(CNC(=O)COc2ccc(Cl)cc2)c1. The Bertz CT molecular complexity index is 658. The molecular formula is C17H18ClNO4. The zero-order valence-corrected chi connectivity index (χ0v) is 13.7. The number of hydrogen-bond donors (Lipinski definition) is 1. The maximum absolute atomic E-state index is 11.9. The fourth-order valence-corrected chi connectivity index (χ4v) is 2.07. The van der Waals surface area contributed by atoms with E-state index < -0.39 is 0 Å². The summed E-state index contributed by atoms with van der Waals surface area (Å²) < 4.78 is 15.8. The van der Waals surface area contributed by atoms with Crippen LogP contribution in [0.1, 0.15) is 5.56 Å². The lowest BCUT2D eigenvalue weighted by Gasteiger charge is -2.12. The molecule has 0 atom stereocenters. The molecule has 23 heavy (non-hydrogen) atoms. The Morgan fingerprint density at radius 2 is 1.74 bits per heavy atom. The average molecular weight is 336 g/mol. The number of nitrogens with one attached hydrogen (secondary N) is 1. The summed E-state index contributed by atoms with van der Waals surface area (Å²) in [7, 11) is 3.17. The average Bonchev–Trinajstić information content (AvgIpc) is 2.59. The number of hydrogen-bond acceptors (Lipinski definition) is 4. The predicted molar refractivity (Wildman–Crippen MR) is 88.3 cm³/mol. The molecule has 0 aliphatic heterocycles. The quantitative estimate of drug-likeness (QED) is 0.845. The second-order valence-corrected chi connectivity index (χ2v) is 5.13. The number of carbonyl (C=O) groups is 1. The van der Waals surface area contributed by atoms with Crippen molar-refractivity contribution in [2.45, 2.75) is 6.54 Å². The third-order valence-corrected chi connectivity index (χ3v) is 3.40. The van der Waals surface area contributed by atoms with E-state index in [1.165, 1.54) is 0 Å². The van der Waals surface area contributed by atoms with Gasteiger partial charge in [0, 0.05) is 17.1 Å². The van der Waals surface area contributed by atoms with Crippen molar-refractivity contribution >= 4 is 17.5 Å². The van der Waals surface area contributed by atoms with Gasteiger partial charge in [0.05, 0.1) is 14.2 Å². The van der Waals surface area contributed by atoms with Crippen LogP contribution in [0.25, 0.3) is 0 Å². The van der Waals surface area contributed by atoms with Gasteiger partial charge in [0.2, 0.25) is 0 Å². The van der Waals surface area contributed by atoms with E-state index in [4.69, 9.17) is 25.8 Å². The normalized spacial score (nSPS) is 10.0. The highest BCUT2D eigenvalue weighted by Gasteiger charge is 2.08. The lowest BCUT2D eigenvalue weighted by Crippen LogP contribution is -2.28. The highest BCUT2D eigenvalue weighted by molar-refractivity contribution is 6.30. The van der Waals surface area contributed by atoms with Crippen LogP contribution in [0.3, 0.4) is 0 Å². The molecule has 0 saturated carbocycles. The maximum atomic E-state index is 11.9. The minimum atomic E-state index is -0.232. The van der Waals surface area contributed by atoms with Crippen molar-refractivity contribution in [3.63, 3.8) is 0 Å². The van der Waals surface area contributed by atoms with Crippen LogP contribution < -0.4 is 19.5 Å². The summed E-state index contributed by atoms with van der Waals surface area (Å²) in [6, 6.07) is 12.2. The number of rotatable bonds is 7. The molecule has 2 rings (SSSR count). The van der Waals surface area contributed by atoms with Crippen molar-refractivity contribution in [2.75, 3.05) is 20.8 Å². The lowest BCUT2D eigenvalue weighted by atomic mass is 10.2. The van der Waals surface area contributed by atoms with Gasteiger partial charge in [-0.05, 0) is 42.5 Å². The van der Waals surface area contributed by atoms with Gasteiger partial charge in [-0.3, -0.25) is 4.79 Å². The number of carbonyl (C=O) groups excluding carboxylic acids is 1. The van der Waals surface area contributed by atoms with E-state index in [0.717, 1.165) is 5.56 Å². The largest absolute Gasteiger partial charge is 0.497 e. The first-order valence-corrected chi connectivity index (χ1v) is 7.36. The number of methoxy groups -OCH3 is 2. The first kappa shape index (κ1) is 17.0. The molecule has 5 nitrogen and oxygen atoms in total. The molecule has 0 aliphatic rings. The van der Waals surface area contributed by atoms with E-state index >= 15 is 0 Å². The van der Waals surface area contributed by atoms with Crippen LogP contribution in [0.2, 0.25) is 5.02 Å². The summed E-state index contributed by atoms with van der Waals surface area (Å²) in [4.78, 5) is 11.9. The molecule has 0 saturated heterocycles. The molecule has 0 radical (unpaired) electrons. The molecule has 0 aliphatic carbocycles. The van der Waals surface area contributed by atoms with Crippen LogP contribution in [0.5, 0.6) is 17.2 Å². The van der Waals surface area contributed by atoms with Gasteiger partial charge in [-0.2, -0.15) is 0 Å².